The van der Waals surface area contributed by atoms with Crippen molar-refractivity contribution in [1.29, 1.82) is 0 Å². The maximum Gasteiger partial charge on any atom is 0.228 e. The molecule has 1 atom stereocenters. The van der Waals surface area contributed by atoms with Crippen LogP contribution in [0, 0.1) is 23.7 Å². The number of nitrogens with zero attached hydrogens (tertiary/aromatic N) is 1. The molecule has 0 radical (unpaired) electrons. The van der Waals surface area contributed by atoms with Gasteiger partial charge in [-0.2, -0.15) is 0 Å². The Kier molecular flexibility index (Phi) is 3.96. The lowest BCUT2D eigenvalue weighted by atomic mass is 10.1. The van der Waals surface area contributed by atoms with Gasteiger partial charge in [0.15, 0.2) is 0 Å². The predicted octanol–water partition coefficient (Wildman–Crippen LogP) is 1.38. The molecule has 2 rings (SSSR count). The van der Waals surface area contributed by atoms with E-state index in [0.29, 0.717) is 18.3 Å². The second-order valence-electron chi connectivity index (χ2n) is 4.55. The Morgan fingerprint density at radius 1 is 1.67 bits per heavy atom. The van der Waals surface area contributed by atoms with Gasteiger partial charge in [-0.15, -0.1) is 0 Å². The van der Waals surface area contributed by atoms with E-state index in [1.54, 1.807) is 18.3 Å². The molecule has 0 aliphatic heterocycles. The number of aromatic nitrogens is 1. The molecule has 1 aromatic rings. The fourth-order valence-corrected chi connectivity index (χ4v) is 1.78. The normalized spacial score (nSPS) is 15.4. The molecule has 1 heterocycles. The summed E-state index contributed by atoms with van der Waals surface area (Å²) in [5, 5.41) is 2.83. The molecule has 94 valence electrons. The molecule has 4 heteroatoms. The van der Waals surface area contributed by atoms with Gasteiger partial charge in [-0.1, -0.05) is 18.8 Å². The van der Waals surface area contributed by atoms with E-state index >= 15 is 0 Å². The Hall–Kier alpha value is -1.86. The summed E-state index contributed by atoms with van der Waals surface area (Å²) in [6.07, 6.45) is 3.95. The van der Waals surface area contributed by atoms with E-state index in [1.165, 1.54) is 0 Å². The maximum atomic E-state index is 11.9. The van der Waals surface area contributed by atoms with Crippen LogP contribution in [0.25, 0.3) is 0 Å². The van der Waals surface area contributed by atoms with Crippen molar-refractivity contribution in [2.24, 2.45) is 17.6 Å². The smallest absolute Gasteiger partial charge is 0.228 e. The Labute approximate surface area is 107 Å². The molecule has 0 saturated heterocycles. The zero-order chi connectivity index (χ0) is 13.0. The van der Waals surface area contributed by atoms with Crippen LogP contribution < -0.4 is 11.1 Å². The number of hydrogen-bond donors (Lipinski definition) is 2. The zero-order valence-electron chi connectivity index (χ0n) is 10.4. The minimum atomic E-state index is 0.0361. The molecule has 1 aromatic heterocycles. The van der Waals surface area contributed by atoms with Gasteiger partial charge in [0, 0.05) is 17.7 Å². The summed E-state index contributed by atoms with van der Waals surface area (Å²) in [4.78, 5) is 16.0. The number of rotatable bonds is 3. The average Bonchev–Trinajstić information content (AvgIpc) is 3.20. The fraction of sp³-hybridized carbons (Fsp3) is 0.429. The van der Waals surface area contributed by atoms with E-state index in [-0.39, 0.29) is 11.8 Å². The van der Waals surface area contributed by atoms with Crippen LogP contribution in [0.4, 0.5) is 5.82 Å². The highest BCUT2D eigenvalue weighted by atomic mass is 16.1. The Morgan fingerprint density at radius 3 is 3.11 bits per heavy atom. The molecule has 1 unspecified atom stereocenters. The number of nitrogens with two attached hydrogens (primary N) is 1. The van der Waals surface area contributed by atoms with Crippen LogP contribution in [0.2, 0.25) is 0 Å². The van der Waals surface area contributed by atoms with Gasteiger partial charge in [-0.05, 0) is 30.9 Å². The highest BCUT2D eigenvalue weighted by molar-refractivity contribution is 5.91. The van der Waals surface area contributed by atoms with Crippen LogP contribution >= 0.6 is 0 Å². The van der Waals surface area contributed by atoms with E-state index in [2.05, 4.69) is 22.1 Å². The molecular weight excluding hydrogens is 226 g/mol. The van der Waals surface area contributed by atoms with Gasteiger partial charge in [0.25, 0.3) is 0 Å². The van der Waals surface area contributed by atoms with E-state index in [4.69, 9.17) is 5.73 Å². The summed E-state index contributed by atoms with van der Waals surface area (Å²) in [6, 6.07) is 3.56. The summed E-state index contributed by atoms with van der Waals surface area (Å²) in [5.74, 6) is 6.88. The first kappa shape index (κ1) is 12.6. The minimum Gasteiger partial charge on any atom is -0.320 e. The monoisotopic (exact) mass is 243 g/mol. The lowest BCUT2D eigenvalue weighted by Crippen LogP contribution is -2.22. The van der Waals surface area contributed by atoms with E-state index in [0.717, 1.165) is 18.4 Å². The van der Waals surface area contributed by atoms with Crippen molar-refractivity contribution in [3.63, 3.8) is 0 Å². The molecule has 18 heavy (non-hydrogen) atoms. The highest BCUT2D eigenvalue weighted by Crippen LogP contribution is 2.36. The molecule has 0 bridgehead atoms. The molecule has 1 saturated carbocycles. The summed E-state index contributed by atoms with van der Waals surface area (Å²) in [5.41, 5.74) is 6.13. The van der Waals surface area contributed by atoms with Crippen molar-refractivity contribution < 1.29 is 4.79 Å². The first-order valence-electron chi connectivity index (χ1n) is 6.16. The highest BCUT2D eigenvalue weighted by Gasteiger charge is 2.32. The third kappa shape index (κ3) is 3.31. The van der Waals surface area contributed by atoms with Crippen LogP contribution in [0.5, 0.6) is 0 Å². The van der Waals surface area contributed by atoms with Gasteiger partial charge in [0.1, 0.15) is 5.82 Å². The van der Waals surface area contributed by atoms with Crippen LogP contribution in [-0.4, -0.2) is 17.4 Å². The Bertz CT molecular complexity index is 497. The van der Waals surface area contributed by atoms with Crippen molar-refractivity contribution in [2.45, 2.75) is 19.8 Å². The van der Waals surface area contributed by atoms with Crippen molar-refractivity contribution in [2.75, 3.05) is 11.9 Å². The van der Waals surface area contributed by atoms with Crippen molar-refractivity contribution in [3.8, 4) is 11.8 Å². The fourth-order valence-electron chi connectivity index (χ4n) is 1.78. The van der Waals surface area contributed by atoms with Crippen LogP contribution in [-0.2, 0) is 4.79 Å². The van der Waals surface area contributed by atoms with Gasteiger partial charge in [0.2, 0.25) is 5.91 Å². The zero-order valence-corrected chi connectivity index (χ0v) is 10.4. The molecular formula is C14H17N3O. The summed E-state index contributed by atoms with van der Waals surface area (Å²) >= 11 is 0. The second-order valence-corrected chi connectivity index (χ2v) is 4.55. The van der Waals surface area contributed by atoms with Crippen LogP contribution in [0.1, 0.15) is 25.3 Å². The van der Waals surface area contributed by atoms with Gasteiger partial charge < -0.3 is 11.1 Å². The van der Waals surface area contributed by atoms with Gasteiger partial charge in [0.05, 0.1) is 6.54 Å². The first-order valence-corrected chi connectivity index (χ1v) is 6.16. The molecule has 1 aliphatic rings. The van der Waals surface area contributed by atoms with E-state index < -0.39 is 0 Å². The number of nitrogens with one attached hydrogen (secondary N) is 1. The number of amides is 1. The maximum absolute atomic E-state index is 11.9. The lowest BCUT2D eigenvalue weighted by Gasteiger charge is -2.10. The van der Waals surface area contributed by atoms with Crippen LogP contribution in [0.3, 0.4) is 0 Å². The number of hydrogen-bond acceptors (Lipinski definition) is 3. The molecule has 4 nitrogen and oxygen atoms in total. The summed E-state index contributed by atoms with van der Waals surface area (Å²) in [6.45, 7) is 2.29. The van der Waals surface area contributed by atoms with Crippen LogP contribution in [0.15, 0.2) is 18.3 Å². The van der Waals surface area contributed by atoms with Crippen molar-refractivity contribution in [3.05, 3.63) is 23.9 Å². The molecule has 1 amide bonds. The molecule has 0 aromatic carbocycles. The van der Waals surface area contributed by atoms with Gasteiger partial charge in [-0.3, -0.25) is 4.79 Å². The SMILES string of the molecule is CC(C(=O)Nc1cc(C#CCN)ccn1)C1CC1. The second kappa shape index (κ2) is 5.65. The Balaban J connectivity index is 2.02. The summed E-state index contributed by atoms with van der Waals surface area (Å²) in [7, 11) is 0. The Morgan fingerprint density at radius 2 is 2.44 bits per heavy atom. The van der Waals surface area contributed by atoms with E-state index in [1.807, 2.05) is 6.92 Å². The van der Waals surface area contributed by atoms with Crippen molar-refractivity contribution >= 4 is 11.7 Å². The topological polar surface area (TPSA) is 68.0 Å². The summed E-state index contributed by atoms with van der Waals surface area (Å²) < 4.78 is 0. The first-order chi connectivity index (χ1) is 8.70. The quantitative estimate of drug-likeness (QED) is 0.788. The van der Waals surface area contributed by atoms with Crippen molar-refractivity contribution in [1.82, 2.24) is 4.98 Å². The average molecular weight is 243 g/mol. The van der Waals surface area contributed by atoms with Gasteiger partial charge >= 0.3 is 0 Å². The third-order valence-corrected chi connectivity index (χ3v) is 3.09. The number of carbonyl (C=O) groups is 1. The minimum absolute atomic E-state index is 0.0361. The van der Waals surface area contributed by atoms with Gasteiger partial charge in [-0.25, -0.2) is 4.98 Å². The molecule has 1 fully saturated rings. The molecule has 3 N–H and O–H groups in total. The molecule has 1 aliphatic carbocycles. The lowest BCUT2D eigenvalue weighted by molar-refractivity contribution is -0.119. The number of anilines is 1. The van der Waals surface area contributed by atoms with E-state index in [9.17, 15) is 4.79 Å². The number of pyridine rings is 1. The standard InChI is InChI=1S/C14H17N3O/c1-10(12-4-5-12)14(18)17-13-9-11(3-2-7-15)6-8-16-13/h6,8-10,12H,4-5,7,15H2,1H3,(H,16,17,18). The predicted molar refractivity (Wildman–Crippen MR) is 70.7 cm³/mol. The number of carbonyl (C=O) groups excluding carboxylic acids is 1. The largest absolute Gasteiger partial charge is 0.320 e. The molecule has 0 spiro atoms. The third-order valence-electron chi connectivity index (χ3n) is 3.09.